The van der Waals surface area contributed by atoms with Crippen molar-refractivity contribution in [2.75, 3.05) is 0 Å². The molecule has 0 aliphatic rings. The minimum Gasteiger partial charge on any atom is -0.390 e. The van der Waals surface area contributed by atoms with Crippen molar-refractivity contribution in [3.63, 3.8) is 0 Å². The second-order valence-electron chi connectivity index (χ2n) is 4.27. The van der Waals surface area contributed by atoms with Crippen molar-refractivity contribution >= 4 is 0 Å². The number of aromatic nitrogens is 2. The van der Waals surface area contributed by atoms with E-state index in [4.69, 9.17) is 5.11 Å². The molecule has 2 aromatic rings. The Bertz CT molecular complexity index is 520. The molecular formula is C13H15FN2O. The van der Waals surface area contributed by atoms with Crippen molar-refractivity contribution < 1.29 is 9.50 Å². The molecule has 4 heteroatoms. The van der Waals surface area contributed by atoms with E-state index in [1.54, 1.807) is 16.8 Å². The Morgan fingerprint density at radius 1 is 1.35 bits per heavy atom. The Labute approximate surface area is 99.5 Å². The molecule has 2 rings (SSSR count). The lowest BCUT2D eigenvalue weighted by molar-refractivity contribution is 0.276. The minimum atomic E-state index is -0.293. The maximum absolute atomic E-state index is 13.2. The first-order valence-electron chi connectivity index (χ1n) is 5.57. The monoisotopic (exact) mass is 234 g/mol. The second-order valence-corrected chi connectivity index (χ2v) is 4.27. The highest BCUT2D eigenvalue weighted by molar-refractivity contribution is 5.34. The van der Waals surface area contributed by atoms with Crippen LogP contribution in [0.3, 0.4) is 0 Å². The molecule has 0 radical (unpaired) electrons. The van der Waals surface area contributed by atoms with Crippen LogP contribution in [0, 0.1) is 5.82 Å². The van der Waals surface area contributed by atoms with E-state index in [2.05, 4.69) is 5.10 Å². The Kier molecular flexibility index (Phi) is 3.24. The third kappa shape index (κ3) is 2.36. The molecule has 1 N–H and O–H groups in total. The third-order valence-electron chi connectivity index (χ3n) is 2.59. The smallest absolute Gasteiger partial charge is 0.125 e. The summed E-state index contributed by atoms with van der Waals surface area (Å²) in [6, 6.07) is 8.11. The van der Waals surface area contributed by atoms with Crippen molar-refractivity contribution in [3.8, 4) is 5.69 Å². The van der Waals surface area contributed by atoms with Crippen LogP contribution in [0.25, 0.3) is 5.69 Å². The van der Waals surface area contributed by atoms with Gasteiger partial charge in [-0.1, -0.05) is 19.9 Å². The highest BCUT2D eigenvalue weighted by Gasteiger charge is 2.12. The summed E-state index contributed by atoms with van der Waals surface area (Å²) >= 11 is 0. The predicted octanol–water partition coefficient (Wildman–Crippen LogP) is 2.63. The van der Waals surface area contributed by atoms with E-state index in [1.807, 2.05) is 19.9 Å². The molecule has 0 aliphatic heterocycles. The first-order chi connectivity index (χ1) is 8.11. The summed E-state index contributed by atoms with van der Waals surface area (Å²) < 4.78 is 14.9. The highest BCUT2D eigenvalue weighted by Crippen LogP contribution is 2.20. The van der Waals surface area contributed by atoms with Crippen molar-refractivity contribution in [3.05, 3.63) is 47.5 Å². The Hall–Kier alpha value is -1.68. The van der Waals surface area contributed by atoms with Crippen molar-refractivity contribution in [2.24, 2.45) is 0 Å². The summed E-state index contributed by atoms with van der Waals surface area (Å²) in [7, 11) is 0. The maximum Gasteiger partial charge on any atom is 0.125 e. The lowest BCUT2D eigenvalue weighted by Gasteiger charge is -2.09. The van der Waals surface area contributed by atoms with E-state index in [0.29, 0.717) is 11.4 Å². The predicted molar refractivity (Wildman–Crippen MR) is 63.5 cm³/mol. The van der Waals surface area contributed by atoms with E-state index >= 15 is 0 Å². The fourth-order valence-electron chi connectivity index (χ4n) is 1.75. The van der Waals surface area contributed by atoms with Gasteiger partial charge in [0.05, 0.1) is 18.0 Å². The van der Waals surface area contributed by atoms with Gasteiger partial charge in [0, 0.05) is 5.69 Å². The van der Waals surface area contributed by atoms with Gasteiger partial charge < -0.3 is 5.11 Å². The SMILES string of the molecule is CC(C)c1cc(CO)nn1-c1cccc(F)c1. The molecule has 90 valence electrons. The fourth-order valence-corrected chi connectivity index (χ4v) is 1.75. The van der Waals surface area contributed by atoms with Crippen LogP contribution in [0.5, 0.6) is 0 Å². The average Bonchev–Trinajstić information content (AvgIpc) is 2.73. The highest BCUT2D eigenvalue weighted by atomic mass is 19.1. The summed E-state index contributed by atoms with van der Waals surface area (Å²) in [5, 5.41) is 13.4. The zero-order valence-corrected chi connectivity index (χ0v) is 9.89. The zero-order chi connectivity index (χ0) is 12.4. The van der Waals surface area contributed by atoms with Gasteiger partial charge in [0.15, 0.2) is 0 Å². The van der Waals surface area contributed by atoms with Crippen LogP contribution in [0.2, 0.25) is 0 Å². The van der Waals surface area contributed by atoms with E-state index < -0.39 is 0 Å². The summed E-state index contributed by atoms with van der Waals surface area (Å²) in [5.74, 6) is -0.0377. The van der Waals surface area contributed by atoms with Gasteiger partial charge in [-0.05, 0) is 30.2 Å². The topological polar surface area (TPSA) is 38.1 Å². The van der Waals surface area contributed by atoms with Crippen molar-refractivity contribution in [1.82, 2.24) is 9.78 Å². The zero-order valence-electron chi connectivity index (χ0n) is 9.89. The molecule has 0 spiro atoms. The molecule has 0 saturated carbocycles. The standard InChI is InChI=1S/C13H15FN2O/c1-9(2)13-7-11(8-17)15-16(13)12-5-3-4-10(14)6-12/h3-7,9,17H,8H2,1-2H3. The van der Waals surface area contributed by atoms with Gasteiger partial charge >= 0.3 is 0 Å². The number of halogens is 1. The van der Waals surface area contributed by atoms with Crippen LogP contribution < -0.4 is 0 Å². The normalized spacial score (nSPS) is 11.1. The van der Waals surface area contributed by atoms with Gasteiger partial charge in [-0.2, -0.15) is 5.10 Å². The number of aliphatic hydroxyl groups excluding tert-OH is 1. The van der Waals surface area contributed by atoms with Crippen LogP contribution in [0.4, 0.5) is 4.39 Å². The minimum absolute atomic E-state index is 0.109. The number of aliphatic hydroxyl groups is 1. The van der Waals surface area contributed by atoms with Crippen molar-refractivity contribution in [1.29, 1.82) is 0 Å². The van der Waals surface area contributed by atoms with Crippen LogP contribution in [0.15, 0.2) is 30.3 Å². The largest absolute Gasteiger partial charge is 0.390 e. The van der Waals surface area contributed by atoms with Crippen LogP contribution in [-0.4, -0.2) is 14.9 Å². The van der Waals surface area contributed by atoms with Gasteiger partial charge in [0.25, 0.3) is 0 Å². The molecule has 1 heterocycles. The summed E-state index contributed by atoms with van der Waals surface area (Å²) in [6.07, 6.45) is 0. The Balaban J connectivity index is 2.53. The van der Waals surface area contributed by atoms with Crippen LogP contribution in [0.1, 0.15) is 31.2 Å². The third-order valence-corrected chi connectivity index (χ3v) is 2.59. The first-order valence-corrected chi connectivity index (χ1v) is 5.57. The van der Waals surface area contributed by atoms with E-state index in [1.165, 1.54) is 12.1 Å². The number of nitrogens with zero attached hydrogens (tertiary/aromatic N) is 2. The van der Waals surface area contributed by atoms with E-state index in [-0.39, 0.29) is 18.3 Å². The van der Waals surface area contributed by atoms with Gasteiger partial charge in [0.1, 0.15) is 5.82 Å². The van der Waals surface area contributed by atoms with E-state index in [9.17, 15) is 4.39 Å². The molecule has 0 fully saturated rings. The van der Waals surface area contributed by atoms with Gasteiger partial charge in [-0.3, -0.25) is 0 Å². The summed E-state index contributed by atoms with van der Waals surface area (Å²) in [6.45, 7) is 3.96. The lowest BCUT2D eigenvalue weighted by atomic mass is 10.1. The number of rotatable bonds is 3. The summed E-state index contributed by atoms with van der Waals surface area (Å²) in [4.78, 5) is 0. The van der Waals surface area contributed by atoms with Gasteiger partial charge in [-0.25, -0.2) is 9.07 Å². The molecular weight excluding hydrogens is 219 g/mol. The van der Waals surface area contributed by atoms with Gasteiger partial charge in [0.2, 0.25) is 0 Å². The first kappa shape index (κ1) is 11.8. The maximum atomic E-state index is 13.2. The van der Waals surface area contributed by atoms with Crippen LogP contribution >= 0.6 is 0 Å². The number of hydrogen-bond donors (Lipinski definition) is 1. The molecule has 3 nitrogen and oxygen atoms in total. The summed E-state index contributed by atoms with van der Waals surface area (Å²) in [5.41, 5.74) is 2.23. The van der Waals surface area contributed by atoms with Gasteiger partial charge in [-0.15, -0.1) is 0 Å². The van der Waals surface area contributed by atoms with Crippen molar-refractivity contribution in [2.45, 2.75) is 26.4 Å². The Morgan fingerprint density at radius 2 is 2.12 bits per heavy atom. The average molecular weight is 234 g/mol. The second kappa shape index (κ2) is 4.67. The number of hydrogen-bond acceptors (Lipinski definition) is 2. The molecule has 0 bridgehead atoms. The molecule has 0 unspecified atom stereocenters. The molecule has 0 atom stereocenters. The Morgan fingerprint density at radius 3 is 2.71 bits per heavy atom. The lowest BCUT2D eigenvalue weighted by Crippen LogP contribution is -2.04. The molecule has 1 aromatic heterocycles. The fraction of sp³-hybridized carbons (Fsp3) is 0.308. The molecule has 0 saturated heterocycles. The van der Waals surface area contributed by atoms with E-state index in [0.717, 1.165) is 5.69 Å². The quantitative estimate of drug-likeness (QED) is 0.886. The molecule has 0 aliphatic carbocycles. The number of benzene rings is 1. The molecule has 0 amide bonds. The molecule has 1 aromatic carbocycles. The molecule has 17 heavy (non-hydrogen) atoms. The van der Waals surface area contributed by atoms with Crippen LogP contribution in [-0.2, 0) is 6.61 Å².